The summed E-state index contributed by atoms with van der Waals surface area (Å²) in [6.45, 7) is -0.0986. The Labute approximate surface area is 214 Å². The molecule has 1 aromatic rings. The van der Waals surface area contributed by atoms with Crippen LogP contribution in [0.1, 0.15) is 31.2 Å². The highest BCUT2D eigenvalue weighted by Gasteiger charge is 2.23. The summed E-state index contributed by atoms with van der Waals surface area (Å²) in [5, 5.41) is 16.5. The van der Waals surface area contributed by atoms with Gasteiger partial charge in [-0.25, -0.2) is 9.59 Å². The summed E-state index contributed by atoms with van der Waals surface area (Å²) in [5.74, 6) is -2.88. The van der Waals surface area contributed by atoms with Crippen LogP contribution < -0.4 is 38.9 Å². The van der Waals surface area contributed by atoms with Crippen molar-refractivity contribution in [2.24, 2.45) is 32.9 Å². The fourth-order valence-electron chi connectivity index (χ4n) is 2.98. The number of rotatable bonds is 16. The van der Waals surface area contributed by atoms with Crippen LogP contribution in [-0.2, 0) is 25.7 Å². The summed E-state index contributed by atoms with van der Waals surface area (Å²) in [5.41, 5.74) is 21.8. The number of nitrogens with zero attached hydrogens (tertiary/aromatic N) is 2. The fourth-order valence-corrected chi connectivity index (χ4v) is 2.98. The number of hydrogen-bond donors (Lipinski definition) is 8. The number of carbonyl (C=O) groups excluding carboxylic acids is 3. The quantitative estimate of drug-likeness (QED) is 0.0678. The van der Waals surface area contributed by atoms with Crippen molar-refractivity contribution in [3.8, 4) is 0 Å². The number of alkyl carbamates (subject to hydrolysis) is 1. The molecule has 0 heterocycles. The molecule has 1 aromatic carbocycles. The Morgan fingerprint density at radius 2 is 1.43 bits per heavy atom. The van der Waals surface area contributed by atoms with Crippen LogP contribution >= 0.6 is 0 Å². The summed E-state index contributed by atoms with van der Waals surface area (Å²) in [6.07, 6.45) is 0.0511. The molecule has 15 heteroatoms. The molecular formula is C22H35N9O6. The number of amides is 3. The lowest BCUT2D eigenvalue weighted by atomic mass is 10.1. The Morgan fingerprint density at radius 1 is 0.865 bits per heavy atom. The number of carboxylic acid groups (broad SMARTS) is 1. The van der Waals surface area contributed by atoms with Crippen molar-refractivity contribution in [3.63, 3.8) is 0 Å². The van der Waals surface area contributed by atoms with Crippen molar-refractivity contribution in [2.75, 3.05) is 19.6 Å². The van der Waals surface area contributed by atoms with Crippen LogP contribution in [0, 0.1) is 0 Å². The van der Waals surface area contributed by atoms with Gasteiger partial charge in [-0.3, -0.25) is 19.6 Å². The zero-order chi connectivity index (χ0) is 27.6. The van der Waals surface area contributed by atoms with Gasteiger partial charge in [-0.1, -0.05) is 30.3 Å². The number of nitrogens with two attached hydrogens (primary N) is 4. The first-order chi connectivity index (χ1) is 17.6. The third-order valence-electron chi connectivity index (χ3n) is 4.77. The van der Waals surface area contributed by atoms with Gasteiger partial charge in [-0.15, -0.1) is 0 Å². The van der Waals surface area contributed by atoms with E-state index in [-0.39, 0.29) is 44.5 Å². The standard InChI is InChI=1S/C22H35N9O6/c23-20(24)27-10-4-8-15(31-22(36)37-13-14-6-2-1-3-7-14)18(33)29-12-17(32)30-16(19(34)35)9-5-11-28-21(25)26/h1-3,6-7,15-16H,4-5,8-13H2,(H,29,33)(H,30,32)(H,31,36)(H,34,35)(H4,23,24,27)(H4,25,26,28)/t15-,16+/m1/s1. The molecule has 0 unspecified atom stereocenters. The van der Waals surface area contributed by atoms with E-state index in [1.807, 2.05) is 6.07 Å². The SMILES string of the molecule is NC(N)=NCCC[C@H](NC(=O)CNC(=O)[C@@H](CCCN=C(N)N)NC(=O)OCc1ccccc1)C(=O)O. The summed E-state index contributed by atoms with van der Waals surface area (Å²) in [4.78, 5) is 56.1. The van der Waals surface area contributed by atoms with Crippen LogP contribution in [0.25, 0.3) is 0 Å². The Hall–Kier alpha value is -4.56. The Morgan fingerprint density at radius 3 is 1.97 bits per heavy atom. The molecule has 15 nitrogen and oxygen atoms in total. The maximum atomic E-state index is 12.7. The van der Waals surface area contributed by atoms with E-state index >= 15 is 0 Å². The van der Waals surface area contributed by atoms with Crippen molar-refractivity contribution in [2.45, 2.75) is 44.4 Å². The van der Waals surface area contributed by atoms with Crippen molar-refractivity contribution in [1.82, 2.24) is 16.0 Å². The molecule has 0 aromatic heterocycles. The minimum absolute atomic E-state index is 0.00280. The highest BCUT2D eigenvalue weighted by atomic mass is 16.5. The van der Waals surface area contributed by atoms with E-state index in [0.29, 0.717) is 12.8 Å². The van der Waals surface area contributed by atoms with Gasteiger partial charge in [0.1, 0.15) is 18.7 Å². The predicted octanol–water partition coefficient (Wildman–Crippen LogP) is -1.93. The largest absolute Gasteiger partial charge is 0.480 e. The van der Waals surface area contributed by atoms with Gasteiger partial charge < -0.3 is 48.7 Å². The van der Waals surface area contributed by atoms with Crippen LogP contribution in [0.2, 0.25) is 0 Å². The molecule has 204 valence electrons. The second-order valence-electron chi connectivity index (χ2n) is 7.83. The lowest BCUT2D eigenvalue weighted by molar-refractivity contribution is -0.142. The number of benzene rings is 1. The van der Waals surface area contributed by atoms with E-state index in [9.17, 15) is 24.3 Å². The third kappa shape index (κ3) is 14.4. The summed E-state index contributed by atoms with van der Waals surface area (Å²) in [7, 11) is 0. The normalized spacial score (nSPS) is 11.8. The minimum Gasteiger partial charge on any atom is -0.480 e. The Kier molecular flexibility index (Phi) is 14.0. The van der Waals surface area contributed by atoms with E-state index in [1.54, 1.807) is 24.3 Å². The molecule has 0 radical (unpaired) electrons. The number of nitrogens with one attached hydrogen (secondary N) is 3. The van der Waals surface area contributed by atoms with E-state index in [2.05, 4.69) is 25.9 Å². The van der Waals surface area contributed by atoms with Gasteiger partial charge in [0.2, 0.25) is 11.8 Å². The first kappa shape index (κ1) is 30.5. The average molecular weight is 522 g/mol. The summed E-state index contributed by atoms with van der Waals surface area (Å²) >= 11 is 0. The second kappa shape index (κ2) is 17.0. The van der Waals surface area contributed by atoms with Gasteiger partial charge in [0.25, 0.3) is 0 Å². The van der Waals surface area contributed by atoms with E-state index in [1.165, 1.54) is 0 Å². The molecular weight excluding hydrogens is 486 g/mol. The average Bonchev–Trinajstić information content (AvgIpc) is 2.85. The van der Waals surface area contributed by atoms with Gasteiger partial charge in [0, 0.05) is 13.1 Å². The van der Waals surface area contributed by atoms with Crippen LogP contribution in [0.3, 0.4) is 0 Å². The highest BCUT2D eigenvalue weighted by molar-refractivity contribution is 5.90. The molecule has 0 aliphatic rings. The number of hydrogen-bond acceptors (Lipinski definition) is 7. The maximum Gasteiger partial charge on any atom is 0.408 e. The van der Waals surface area contributed by atoms with Crippen molar-refractivity contribution >= 4 is 35.8 Å². The molecule has 0 spiro atoms. The molecule has 2 atom stereocenters. The van der Waals surface area contributed by atoms with Gasteiger partial charge in [0.05, 0.1) is 6.54 Å². The number of aliphatic carboxylic acids is 1. The van der Waals surface area contributed by atoms with Gasteiger partial charge >= 0.3 is 12.1 Å². The molecule has 37 heavy (non-hydrogen) atoms. The minimum atomic E-state index is -1.25. The molecule has 0 aliphatic carbocycles. The summed E-state index contributed by atoms with van der Waals surface area (Å²) in [6, 6.07) is 6.70. The van der Waals surface area contributed by atoms with Crippen LogP contribution in [-0.4, -0.2) is 72.6 Å². The molecule has 3 amide bonds. The fraction of sp³-hybridized carbons (Fsp3) is 0.455. The molecule has 0 saturated carbocycles. The van der Waals surface area contributed by atoms with Gasteiger partial charge in [0.15, 0.2) is 11.9 Å². The van der Waals surface area contributed by atoms with Crippen LogP contribution in [0.5, 0.6) is 0 Å². The molecule has 1 rings (SSSR count). The van der Waals surface area contributed by atoms with Crippen molar-refractivity contribution in [1.29, 1.82) is 0 Å². The Bertz CT molecular complexity index is 947. The van der Waals surface area contributed by atoms with Gasteiger partial charge in [-0.2, -0.15) is 0 Å². The van der Waals surface area contributed by atoms with Crippen molar-refractivity contribution < 1.29 is 29.0 Å². The zero-order valence-electron chi connectivity index (χ0n) is 20.4. The van der Waals surface area contributed by atoms with Gasteiger partial charge in [-0.05, 0) is 31.2 Å². The monoisotopic (exact) mass is 521 g/mol. The number of carbonyl (C=O) groups is 4. The second-order valence-corrected chi connectivity index (χ2v) is 7.83. The highest BCUT2D eigenvalue weighted by Crippen LogP contribution is 2.03. The topological polar surface area (TPSA) is 263 Å². The molecule has 0 aliphatic heterocycles. The number of ether oxygens (including phenoxy) is 1. The zero-order valence-corrected chi connectivity index (χ0v) is 20.4. The third-order valence-corrected chi connectivity index (χ3v) is 4.77. The number of carboxylic acids is 1. The number of aliphatic imine (C=N–C) groups is 2. The van der Waals surface area contributed by atoms with E-state index < -0.39 is 42.5 Å². The summed E-state index contributed by atoms with van der Waals surface area (Å²) < 4.78 is 5.15. The smallest absolute Gasteiger partial charge is 0.408 e. The first-order valence-corrected chi connectivity index (χ1v) is 11.5. The molecule has 0 saturated heterocycles. The lowest BCUT2D eigenvalue weighted by Gasteiger charge is -2.19. The van der Waals surface area contributed by atoms with Crippen LogP contribution in [0.4, 0.5) is 4.79 Å². The molecule has 0 fully saturated rings. The maximum absolute atomic E-state index is 12.7. The number of guanidine groups is 2. The molecule has 12 N–H and O–H groups in total. The van der Waals surface area contributed by atoms with Crippen molar-refractivity contribution in [3.05, 3.63) is 35.9 Å². The van der Waals surface area contributed by atoms with E-state index in [0.717, 1.165) is 5.56 Å². The van der Waals surface area contributed by atoms with Crippen LogP contribution in [0.15, 0.2) is 40.3 Å². The first-order valence-electron chi connectivity index (χ1n) is 11.5. The predicted molar refractivity (Wildman–Crippen MR) is 136 cm³/mol. The van der Waals surface area contributed by atoms with E-state index in [4.69, 9.17) is 27.7 Å². The molecule has 0 bridgehead atoms. The Balaban J connectivity index is 2.63. The lowest BCUT2D eigenvalue weighted by Crippen LogP contribution is -2.50.